The van der Waals surface area contributed by atoms with Crippen LogP contribution in [0.2, 0.25) is 0 Å². The Morgan fingerprint density at radius 3 is 2.69 bits per heavy atom. The van der Waals surface area contributed by atoms with Crippen molar-refractivity contribution >= 4 is 21.9 Å². The molecular weight excluding hydrogens is 532 g/mol. The number of ether oxygens (including phenoxy) is 4. The van der Waals surface area contributed by atoms with E-state index in [-0.39, 0.29) is 22.3 Å². The van der Waals surface area contributed by atoms with Gasteiger partial charge in [-0.05, 0) is 28.1 Å². The SMILES string of the molecule is COC(=O)[C@@H]1O[C@@H]2CO[C@H](c3ccccc3)O[C@@H]2[C@H](n2cc(-c3ccc(Br)c(F)c3F)nn2)[C@H]1O. The number of methoxy groups -OCH3 is 1. The molecule has 6 atom stereocenters. The molecule has 0 radical (unpaired) electrons. The summed E-state index contributed by atoms with van der Waals surface area (Å²) >= 11 is 2.94. The molecule has 2 saturated heterocycles. The smallest absolute Gasteiger partial charge is 0.337 e. The Morgan fingerprint density at radius 2 is 1.94 bits per heavy atom. The minimum absolute atomic E-state index is 0.0303. The Labute approximate surface area is 206 Å². The van der Waals surface area contributed by atoms with Gasteiger partial charge in [-0.1, -0.05) is 35.5 Å². The number of esters is 1. The number of rotatable bonds is 4. The van der Waals surface area contributed by atoms with Gasteiger partial charge in [-0.15, -0.1) is 5.10 Å². The second-order valence-electron chi connectivity index (χ2n) is 8.08. The van der Waals surface area contributed by atoms with Crippen LogP contribution in [-0.2, 0) is 23.7 Å². The van der Waals surface area contributed by atoms with E-state index in [4.69, 9.17) is 18.9 Å². The summed E-state index contributed by atoms with van der Waals surface area (Å²) in [6, 6.07) is 10.9. The van der Waals surface area contributed by atoms with Gasteiger partial charge < -0.3 is 24.1 Å². The number of benzene rings is 2. The number of carbonyl (C=O) groups excluding carboxylic acids is 1. The molecule has 9 nitrogen and oxygen atoms in total. The number of fused-ring (bicyclic) bond motifs is 1. The summed E-state index contributed by atoms with van der Waals surface area (Å²) in [4.78, 5) is 12.3. The van der Waals surface area contributed by atoms with E-state index < -0.39 is 54.4 Å². The topological polar surface area (TPSA) is 105 Å². The third kappa shape index (κ3) is 4.36. The molecule has 12 heteroatoms. The van der Waals surface area contributed by atoms with Crippen LogP contribution >= 0.6 is 15.9 Å². The molecule has 3 heterocycles. The molecule has 0 saturated carbocycles. The van der Waals surface area contributed by atoms with Gasteiger partial charge in [0.15, 0.2) is 24.0 Å². The number of aromatic nitrogens is 3. The number of aliphatic hydroxyl groups excluding tert-OH is 1. The van der Waals surface area contributed by atoms with Gasteiger partial charge in [-0.2, -0.15) is 0 Å². The summed E-state index contributed by atoms with van der Waals surface area (Å²) < 4.78 is 52.4. The molecule has 2 aliphatic heterocycles. The first-order valence-corrected chi connectivity index (χ1v) is 11.5. The minimum Gasteiger partial charge on any atom is -0.467 e. The van der Waals surface area contributed by atoms with Gasteiger partial charge in [0.05, 0.1) is 24.4 Å². The van der Waals surface area contributed by atoms with E-state index in [0.29, 0.717) is 0 Å². The van der Waals surface area contributed by atoms with E-state index in [9.17, 15) is 18.7 Å². The maximum absolute atomic E-state index is 14.5. The fourth-order valence-electron chi connectivity index (χ4n) is 4.28. The van der Waals surface area contributed by atoms with Crippen molar-refractivity contribution in [2.24, 2.45) is 0 Å². The highest BCUT2D eigenvalue weighted by molar-refractivity contribution is 9.10. The third-order valence-corrected chi connectivity index (χ3v) is 6.62. The molecule has 35 heavy (non-hydrogen) atoms. The molecule has 5 rings (SSSR count). The Kier molecular flexibility index (Phi) is 6.64. The molecule has 0 bridgehead atoms. The quantitative estimate of drug-likeness (QED) is 0.390. The lowest BCUT2D eigenvalue weighted by Gasteiger charge is -2.47. The van der Waals surface area contributed by atoms with Crippen molar-refractivity contribution in [2.45, 2.75) is 36.7 Å². The number of nitrogens with zero attached hydrogens (tertiary/aromatic N) is 3. The molecule has 0 unspecified atom stereocenters. The van der Waals surface area contributed by atoms with Crippen LogP contribution in [0, 0.1) is 11.6 Å². The molecule has 184 valence electrons. The number of hydrogen-bond acceptors (Lipinski definition) is 8. The first kappa shape index (κ1) is 23.9. The zero-order valence-corrected chi connectivity index (χ0v) is 19.8. The lowest BCUT2D eigenvalue weighted by molar-refractivity contribution is -0.314. The number of aliphatic hydroxyl groups is 1. The first-order chi connectivity index (χ1) is 16.9. The second kappa shape index (κ2) is 9.70. The zero-order valence-electron chi connectivity index (χ0n) is 18.3. The second-order valence-corrected chi connectivity index (χ2v) is 8.94. The van der Waals surface area contributed by atoms with Crippen LogP contribution in [-0.4, -0.2) is 64.2 Å². The van der Waals surface area contributed by atoms with E-state index in [0.717, 1.165) is 5.56 Å². The predicted molar refractivity (Wildman–Crippen MR) is 119 cm³/mol. The molecule has 2 fully saturated rings. The Morgan fingerprint density at radius 1 is 1.17 bits per heavy atom. The van der Waals surface area contributed by atoms with Crippen LogP contribution in [0.5, 0.6) is 0 Å². The first-order valence-electron chi connectivity index (χ1n) is 10.7. The Hall–Kier alpha value is -2.77. The number of hydrogen-bond donors (Lipinski definition) is 1. The number of carbonyl (C=O) groups is 1. The number of halogens is 3. The van der Waals surface area contributed by atoms with Crippen LogP contribution in [0.1, 0.15) is 17.9 Å². The largest absolute Gasteiger partial charge is 0.467 e. The molecular formula is C23H20BrF2N3O6. The normalized spacial score (nSPS) is 28.4. The van der Waals surface area contributed by atoms with Crippen LogP contribution < -0.4 is 0 Å². The third-order valence-electron chi connectivity index (χ3n) is 6.01. The summed E-state index contributed by atoms with van der Waals surface area (Å²) in [5, 5.41) is 19.1. The maximum atomic E-state index is 14.5. The van der Waals surface area contributed by atoms with Gasteiger partial charge in [0.2, 0.25) is 0 Å². The highest BCUT2D eigenvalue weighted by Crippen LogP contribution is 2.40. The molecule has 3 aromatic rings. The Balaban J connectivity index is 1.51. The summed E-state index contributed by atoms with van der Waals surface area (Å²) in [5.74, 6) is -2.95. The lowest BCUT2D eigenvalue weighted by Crippen LogP contribution is -2.61. The van der Waals surface area contributed by atoms with Crippen molar-refractivity contribution in [3.8, 4) is 11.3 Å². The van der Waals surface area contributed by atoms with Gasteiger partial charge in [0.25, 0.3) is 0 Å². The van der Waals surface area contributed by atoms with Crippen LogP contribution in [0.25, 0.3) is 11.3 Å². The molecule has 2 aromatic carbocycles. The van der Waals surface area contributed by atoms with Gasteiger partial charge in [-0.3, -0.25) is 0 Å². The fourth-order valence-corrected chi connectivity index (χ4v) is 4.58. The van der Waals surface area contributed by atoms with Crippen molar-refractivity contribution in [3.05, 3.63) is 70.3 Å². The van der Waals surface area contributed by atoms with Crippen molar-refractivity contribution in [1.29, 1.82) is 0 Å². The predicted octanol–water partition coefficient (Wildman–Crippen LogP) is 2.94. The maximum Gasteiger partial charge on any atom is 0.337 e. The summed E-state index contributed by atoms with van der Waals surface area (Å²) in [6.45, 7) is 0.0645. The van der Waals surface area contributed by atoms with E-state index in [1.165, 1.54) is 30.1 Å². The lowest BCUT2D eigenvalue weighted by atomic mass is 9.91. The summed E-state index contributed by atoms with van der Waals surface area (Å²) in [7, 11) is 1.18. The molecule has 0 spiro atoms. The fraction of sp³-hybridized carbons (Fsp3) is 0.348. The molecule has 2 aliphatic rings. The summed E-state index contributed by atoms with van der Waals surface area (Å²) in [6.07, 6.45) is -3.76. The van der Waals surface area contributed by atoms with E-state index in [1.54, 1.807) is 0 Å². The molecule has 1 N–H and O–H groups in total. The zero-order chi connectivity index (χ0) is 24.7. The summed E-state index contributed by atoms with van der Waals surface area (Å²) in [5.41, 5.74) is 0.668. The van der Waals surface area contributed by atoms with E-state index >= 15 is 0 Å². The van der Waals surface area contributed by atoms with Crippen LogP contribution in [0.3, 0.4) is 0 Å². The van der Waals surface area contributed by atoms with E-state index in [2.05, 4.69) is 26.2 Å². The van der Waals surface area contributed by atoms with E-state index in [1.807, 2.05) is 30.3 Å². The van der Waals surface area contributed by atoms with Gasteiger partial charge in [-0.25, -0.2) is 18.3 Å². The van der Waals surface area contributed by atoms with Crippen molar-refractivity contribution < 1.29 is 37.6 Å². The van der Waals surface area contributed by atoms with Crippen molar-refractivity contribution in [2.75, 3.05) is 13.7 Å². The average Bonchev–Trinajstić information content (AvgIpc) is 3.36. The monoisotopic (exact) mass is 551 g/mol. The molecule has 1 aromatic heterocycles. The molecule has 0 aliphatic carbocycles. The van der Waals surface area contributed by atoms with Gasteiger partial charge >= 0.3 is 5.97 Å². The highest BCUT2D eigenvalue weighted by Gasteiger charge is 2.53. The van der Waals surface area contributed by atoms with Gasteiger partial charge in [0, 0.05) is 11.1 Å². The highest BCUT2D eigenvalue weighted by atomic mass is 79.9. The van der Waals surface area contributed by atoms with Crippen molar-refractivity contribution in [3.63, 3.8) is 0 Å². The standard InChI is InChI=1S/C23H20BrF2N3O6/c1-32-22(31)21-19(30)18(20-15(34-21)10-33-23(35-20)11-5-3-2-4-6-11)29-9-14(27-28-29)12-7-8-13(24)17(26)16(12)25/h2-9,15,18-21,23,30H,10H2,1H3/t15-,18-,19-,20+,21-,23+/m1/s1. The van der Waals surface area contributed by atoms with Crippen molar-refractivity contribution in [1.82, 2.24) is 15.0 Å². The Bertz CT molecular complexity index is 1230. The minimum atomic E-state index is -1.45. The van der Waals surface area contributed by atoms with Crippen LogP contribution in [0.15, 0.2) is 53.1 Å². The van der Waals surface area contributed by atoms with Crippen LogP contribution in [0.4, 0.5) is 8.78 Å². The molecule has 0 amide bonds. The van der Waals surface area contributed by atoms with Gasteiger partial charge in [0.1, 0.15) is 30.0 Å². The average molecular weight is 552 g/mol.